The topological polar surface area (TPSA) is 114 Å². The molecular weight excluding hydrogens is 404 g/mol. The van der Waals surface area contributed by atoms with Crippen LogP contribution in [0.3, 0.4) is 0 Å². The Bertz CT molecular complexity index is 1080. The quantitative estimate of drug-likeness (QED) is 0.606. The number of nitrogens with zero attached hydrogens (tertiary/aromatic N) is 3. The van der Waals surface area contributed by atoms with Gasteiger partial charge in [0.15, 0.2) is 5.82 Å². The molecule has 0 aliphatic rings. The minimum atomic E-state index is -4.13. The van der Waals surface area contributed by atoms with Crippen LogP contribution in [0.4, 0.5) is 0 Å². The highest BCUT2D eigenvalue weighted by Crippen LogP contribution is 2.19. The molecule has 10 heteroatoms. The van der Waals surface area contributed by atoms with Gasteiger partial charge < -0.3 is 5.11 Å². The number of sulfonamides is 1. The zero-order chi connectivity index (χ0) is 20.4. The second-order valence-electron chi connectivity index (χ2n) is 6.36. The van der Waals surface area contributed by atoms with Gasteiger partial charge >= 0.3 is 5.97 Å². The van der Waals surface area contributed by atoms with E-state index >= 15 is 0 Å². The molecule has 3 rings (SSSR count). The number of halogens is 1. The Hall–Kier alpha value is -2.75. The lowest BCUT2D eigenvalue weighted by Crippen LogP contribution is -2.53. The van der Waals surface area contributed by atoms with Crippen LogP contribution >= 0.6 is 11.6 Å². The molecule has 0 aliphatic carbocycles. The first-order chi connectivity index (χ1) is 13.2. The van der Waals surface area contributed by atoms with E-state index in [-0.39, 0.29) is 11.3 Å². The smallest absolute Gasteiger partial charge is 0.324 e. The number of benzene rings is 1. The molecule has 3 aromatic rings. The molecule has 8 nitrogen and oxygen atoms in total. The third-order valence-electron chi connectivity index (χ3n) is 4.05. The lowest BCUT2D eigenvalue weighted by molar-refractivity contribution is -0.143. The van der Waals surface area contributed by atoms with E-state index in [0.29, 0.717) is 16.4 Å². The first-order valence-electron chi connectivity index (χ1n) is 8.17. The average molecular weight is 421 g/mol. The van der Waals surface area contributed by atoms with Gasteiger partial charge in [-0.15, -0.1) is 0 Å². The van der Waals surface area contributed by atoms with Gasteiger partial charge in [0.1, 0.15) is 10.4 Å². The van der Waals surface area contributed by atoms with Crippen LogP contribution in [0.1, 0.15) is 12.5 Å². The molecule has 0 unspecified atom stereocenters. The van der Waals surface area contributed by atoms with E-state index in [2.05, 4.69) is 14.8 Å². The maximum Gasteiger partial charge on any atom is 0.324 e. The molecule has 146 valence electrons. The van der Waals surface area contributed by atoms with Crippen LogP contribution in [0, 0.1) is 0 Å². The SMILES string of the molecule is C[C@@](Cc1ccccc1)(NS(=O)(=O)c1ccc(-n2cc(Cl)cn2)nc1)C(=O)O. The van der Waals surface area contributed by atoms with E-state index in [9.17, 15) is 18.3 Å². The molecule has 0 radical (unpaired) electrons. The monoisotopic (exact) mass is 420 g/mol. The van der Waals surface area contributed by atoms with Crippen LogP contribution in [0.15, 0.2) is 66.0 Å². The molecule has 0 bridgehead atoms. The van der Waals surface area contributed by atoms with Crippen molar-refractivity contribution in [2.75, 3.05) is 0 Å². The van der Waals surface area contributed by atoms with Crippen molar-refractivity contribution in [3.05, 3.63) is 71.6 Å². The Morgan fingerprint density at radius 2 is 1.93 bits per heavy atom. The predicted octanol–water partition coefficient (Wildman–Crippen LogP) is 2.28. The number of carboxylic acid groups (broad SMARTS) is 1. The summed E-state index contributed by atoms with van der Waals surface area (Å²) in [5, 5.41) is 14.0. The number of pyridine rings is 1. The molecule has 0 amide bonds. The van der Waals surface area contributed by atoms with Crippen molar-refractivity contribution in [3.63, 3.8) is 0 Å². The summed E-state index contributed by atoms with van der Waals surface area (Å²) in [5.74, 6) is -0.910. The van der Waals surface area contributed by atoms with Crippen LogP contribution in [-0.4, -0.2) is 39.8 Å². The zero-order valence-corrected chi connectivity index (χ0v) is 16.4. The fourth-order valence-corrected chi connectivity index (χ4v) is 4.05. The Kier molecular flexibility index (Phi) is 5.50. The second-order valence-corrected chi connectivity index (χ2v) is 8.48. The molecule has 0 spiro atoms. The third kappa shape index (κ3) is 4.38. The molecule has 0 saturated heterocycles. The molecule has 28 heavy (non-hydrogen) atoms. The summed E-state index contributed by atoms with van der Waals surface area (Å²) in [5.41, 5.74) is -1.03. The second kappa shape index (κ2) is 7.70. The molecule has 0 fully saturated rings. The predicted molar refractivity (Wildman–Crippen MR) is 103 cm³/mol. The van der Waals surface area contributed by atoms with Gasteiger partial charge in [-0.2, -0.15) is 9.82 Å². The summed E-state index contributed by atoms with van der Waals surface area (Å²) in [7, 11) is -4.13. The van der Waals surface area contributed by atoms with Crippen molar-refractivity contribution in [1.82, 2.24) is 19.5 Å². The number of hydrogen-bond donors (Lipinski definition) is 2. The highest BCUT2D eigenvalue weighted by molar-refractivity contribution is 7.89. The van der Waals surface area contributed by atoms with Crippen molar-refractivity contribution in [3.8, 4) is 5.82 Å². The number of aromatic nitrogens is 3. The van der Waals surface area contributed by atoms with Gasteiger partial charge in [-0.25, -0.2) is 18.1 Å². The van der Waals surface area contributed by atoms with E-state index in [4.69, 9.17) is 11.6 Å². The van der Waals surface area contributed by atoms with Gasteiger partial charge in [-0.1, -0.05) is 41.9 Å². The van der Waals surface area contributed by atoms with Crippen LogP contribution < -0.4 is 4.72 Å². The van der Waals surface area contributed by atoms with Gasteiger partial charge in [0.25, 0.3) is 0 Å². The van der Waals surface area contributed by atoms with E-state index < -0.39 is 21.5 Å². The van der Waals surface area contributed by atoms with Crippen molar-refractivity contribution in [2.45, 2.75) is 23.8 Å². The highest BCUT2D eigenvalue weighted by Gasteiger charge is 2.38. The molecule has 2 N–H and O–H groups in total. The van der Waals surface area contributed by atoms with Crippen molar-refractivity contribution in [2.24, 2.45) is 0 Å². The van der Waals surface area contributed by atoms with Gasteiger partial charge in [-0.05, 0) is 24.6 Å². The largest absolute Gasteiger partial charge is 0.480 e. The number of rotatable bonds is 7. The lowest BCUT2D eigenvalue weighted by Gasteiger charge is -2.26. The maximum atomic E-state index is 12.7. The number of nitrogens with one attached hydrogen (secondary N) is 1. The molecular formula is C18H17ClN4O4S. The van der Waals surface area contributed by atoms with Gasteiger partial charge in [0, 0.05) is 12.6 Å². The molecule has 1 atom stereocenters. The Morgan fingerprint density at radius 3 is 2.46 bits per heavy atom. The molecule has 2 heterocycles. The summed E-state index contributed by atoms with van der Waals surface area (Å²) >= 11 is 5.81. The molecule has 1 aromatic carbocycles. The highest BCUT2D eigenvalue weighted by atomic mass is 35.5. The Morgan fingerprint density at radius 1 is 1.21 bits per heavy atom. The van der Waals surface area contributed by atoms with Gasteiger partial charge in [0.2, 0.25) is 10.0 Å². The third-order valence-corrected chi connectivity index (χ3v) is 5.83. The van der Waals surface area contributed by atoms with Crippen LogP contribution in [0.25, 0.3) is 5.82 Å². The summed E-state index contributed by atoms with van der Waals surface area (Å²) in [6.45, 7) is 1.33. The van der Waals surface area contributed by atoms with E-state index in [1.165, 1.54) is 36.1 Å². The molecule has 2 aromatic heterocycles. The van der Waals surface area contributed by atoms with E-state index in [0.717, 1.165) is 6.20 Å². The van der Waals surface area contributed by atoms with Crippen LogP contribution in [0.5, 0.6) is 0 Å². The summed E-state index contributed by atoms with van der Waals surface area (Å²) in [6.07, 6.45) is 4.08. The minimum Gasteiger partial charge on any atom is -0.480 e. The fraction of sp³-hybridized carbons (Fsp3) is 0.167. The number of carbonyl (C=O) groups is 1. The van der Waals surface area contributed by atoms with Crippen molar-refractivity contribution < 1.29 is 18.3 Å². The Labute approximate surface area is 166 Å². The first kappa shape index (κ1) is 20.0. The number of carboxylic acids is 1. The number of hydrogen-bond acceptors (Lipinski definition) is 5. The maximum absolute atomic E-state index is 12.7. The first-order valence-corrected chi connectivity index (χ1v) is 10.0. The molecule has 0 aliphatic heterocycles. The standard InChI is InChI=1S/C18H17ClN4O4S/c1-18(17(24)25,9-13-5-3-2-4-6-13)22-28(26,27)15-7-8-16(20-11-15)23-12-14(19)10-21-23/h2-8,10-12,22H,9H2,1H3,(H,24,25)/t18-/m0/s1. The van der Waals surface area contributed by atoms with E-state index in [1.807, 2.05) is 0 Å². The zero-order valence-electron chi connectivity index (χ0n) is 14.8. The van der Waals surface area contributed by atoms with Gasteiger partial charge in [0.05, 0.1) is 17.4 Å². The minimum absolute atomic E-state index is 0.0142. The summed E-state index contributed by atoms with van der Waals surface area (Å²) in [4.78, 5) is 15.7. The van der Waals surface area contributed by atoms with Crippen LogP contribution in [-0.2, 0) is 21.2 Å². The van der Waals surface area contributed by atoms with Crippen LogP contribution in [0.2, 0.25) is 5.02 Å². The summed E-state index contributed by atoms with van der Waals surface area (Å²) < 4.78 is 29.2. The Balaban J connectivity index is 1.85. The van der Waals surface area contributed by atoms with Crippen molar-refractivity contribution >= 4 is 27.6 Å². The lowest BCUT2D eigenvalue weighted by atomic mass is 9.94. The normalized spacial score (nSPS) is 13.8. The van der Waals surface area contributed by atoms with Gasteiger partial charge in [-0.3, -0.25) is 4.79 Å². The fourth-order valence-electron chi connectivity index (χ4n) is 2.61. The van der Waals surface area contributed by atoms with E-state index in [1.54, 1.807) is 30.3 Å². The molecule has 0 saturated carbocycles. The summed E-state index contributed by atoms with van der Waals surface area (Å²) in [6, 6.07) is 11.6. The number of aliphatic carboxylic acids is 1. The average Bonchev–Trinajstić information content (AvgIpc) is 3.08. The van der Waals surface area contributed by atoms with Crippen molar-refractivity contribution in [1.29, 1.82) is 0 Å².